The summed E-state index contributed by atoms with van der Waals surface area (Å²) in [6, 6.07) is 13.7. The van der Waals surface area contributed by atoms with Gasteiger partial charge in [-0.05, 0) is 99.9 Å². The number of carbonyl (C=O) groups excluding carboxylic acids is 4. The number of hydrogen-bond donors (Lipinski definition) is 0. The number of esters is 4. The second kappa shape index (κ2) is 18.8. The second-order valence-corrected chi connectivity index (χ2v) is 10.2. The number of benzene rings is 2. The van der Waals surface area contributed by atoms with Gasteiger partial charge < -0.3 is 28.4 Å². The molecule has 1 aliphatic rings. The van der Waals surface area contributed by atoms with Crippen LogP contribution in [-0.4, -0.2) is 50.3 Å². The molecule has 0 aliphatic heterocycles. The summed E-state index contributed by atoms with van der Waals surface area (Å²) in [5.74, 6) is 0.0978. The number of carbonyl (C=O) groups is 4. The minimum atomic E-state index is -0.437. The van der Waals surface area contributed by atoms with Crippen molar-refractivity contribution < 1.29 is 47.6 Å². The van der Waals surface area contributed by atoms with E-state index in [0.29, 0.717) is 88.0 Å². The Morgan fingerprint density at radius 2 is 0.864 bits per heavy atom. The molecule has 0 atom stereocenters. The van der Waals surface area contributed by atoms with Crippen LogP contribution in [0.3, 0.4) is 0 Å². The summed E-state index contributed by atoms with van der Waals surface area (Å²) in [6.07, 6.45) is 7.24. The molecule has 236 valence electrons. The van der Waals surface area contributed by atoms with Crippen molar-refractivity contribution in [3.63, 3.8) is 0 Å². The van der Waals surface area contributed by atoms with Crippen molar-refractivity contribution in [2.75, 3.05) is 26.4 Å². The molecule has 3 rings (SSSR count). The van der Waals surface area contributed by atoms with Gasteiger partial charge in [0.25, 0.3) is 0 Å². The van der Waals surface area contributed by atoms with Gasteiger partial charge in [-0.1, -0.05) is 13.2 Å². The largest absolute Gasteiger partial charge is 0.494 e. The molecule has 10 heteroatoms. The highest BCUT2D eigenvalue weighted by molar-refractivity contribution is 5.81. The average Bonchev–Trinajstić information content (AvgIpc) is 3.05. The Balaban J connectivity index is 1.30. The highest BCUT2D eigenvalue weighted by Crippen LogP contribution is 2.32. The Hall–Kier alpha value is -4.60. The maximum absolute atomic E-state index is 12.7. The number of rotatable bonds is 18. The van der Waals surface area contributed by atoms with Crippen LogP contribution in [0.15, 0.2) is 73.8 Å². The number of ether oxygens (including phenoxy) is 6. The fourth-order valence-corrected chi connectivity index (χ4v) is 4.42. The van der Waals surface area contributed by atoms with E-state index in [-0.39, 0.29) is 23.8 Å². The van der Waals surface area contributed by atoms with Gasteiger partial charge in [-0.3, -0.25) is 9.59 Å². The third-order valence-corrected chi connectivity index (χ3v) is 6.91. The molecule has 0 amide bonds. The Morgan fingerprint density at radius 3 is 1.20 bits per heavy atom. The summed E-state index contributed by atoms with van der Waals surface area (Å²) >= 11 is 0. The highest BCUT2D eigenvalue weighted by Gasteiger charge is 2.32. The summed E-state index contributed by atoms with van der Waals surface area (Å²) in [6.45, 7) is 8.26. The molecule has 2 aromatic carbocycles. The summed E-state index contributed by atoms with van der Waals surface area (Å²) in [4.78, 5) is 47.4. The van der Waals surface area contributed by atoms with Crippen LogP contribution >= 0.6 is 0 Å². The zero-order valence-electron chi connectivity index (χ0n) is 24.9. The molecule has 0 radical (unpaired) electrons. The predicted molar refractivity (Wildman–Crippen MR) is 161 cm³/mol. The lowest BCUT2D eigenvalue weighted by Crippen LogP contribution is -2.30. The Morgan fingerprint density at radius 1 is 0.545 bits per heavy atom. The van der Waals surface area contributed by atoms with Crippen LogP contribution in [0.1, 0.15) is 51.4 Å². The molecule has 1 saturated carbocycles. The Bertz CT molecular complexity index is 1130. The molecule has 10 nitrogen and oxygen atoms in total. The molecule has 0 aromatic heterocycles. The van der Waals surface area contributed by atoms with Crippen molar-refractivity contribution in [3.05, 3.63) is 73.8 Å². The SMILES string of the molecule is C=CC(=O)OCCCCOc1ccc(OC(=O)[C@H]2CC[C@H](C(=O)Oc3ccc(OCCCCOC(=O)C=C)cc3)CC2)cc1. The third kappa shape index (κ3) is 12.3. The standard InChI is InChI=1S/C34H40O10/c1-3-31(35)41-23-7-5-21-39-27-13-17-29(18-14-27)43-33(37)25-9-11-26(12-10-25)34(38)44-30-19-15-28(16-20-30)40-22-6-8-24-42-32(36)4-2/h3-4,13-20,25-26H,1-2,5-12,21-24H2/t25-,26-. The number of hydrogen-bond acceptors (Lipinski definition) is 10. The lowest BCUT2D eigenvalue weighted by Gasteiger charge is -2.25. The molecule has 0 spiro atoms. The van der Waals surface area contributed by atoms with Gasteiger partial charge in [0.2, 0.25) is 0 Å². The molecule has 0 bridgehead atoms. The molecule has 1 fully saturated rings. The maximum atomic E-state index is 12.7. The summed E-state index contributed by atoms with van der Waals surface area (Å²) < 4.78 is 32.3. The topological polar surface area (TPSA) is 124 Å². The van der Waals surface area contributed by atoms with Crippen molar-refractivity contribution in [2.45, 2.75) is 51.4 Å². The van der Waals surface area contributed by atoms with E-state index in [4.69, 9.17) is 28.4 Å². The van der Waals surface area contributed by atoms with Crippen LogP contribution in [0.5, 0.6) is 23.0 Å². The van der Waals surface area contributed by atoms with E-state index < -0.39 is 11.9 Å². The van der Waals surface area contributed by atoms with Crippen molar-refractivity contribution in [1.82, 2.24) is 0 Å². The van der Waals surface area contributed by atoms with E-state index in [9.17, 15) is 19.2 Å². The van der Waals surface area contributed by atoms with Crippen molar-refractivity contribution >= 4 is 23.9 Å². The summed E-state index contributed by atoms with van der Waals surface area (Å²) in [5, 5.41) is 0. The molecule has 2 aromatic rings. The predicted octanol–water partition coefficient (Wildman–Crippen LogP) is 5.78. The zero-order valence-corrected chi connectivity index (χ0v) is 24.9. The summed E-state index contributed by atoms with van der Waals surface area (Å²) in [5.41, 5.74) is 0. The van der Waals surface area contributed by atoms with Gasteiger partial charge in [-0.15, -0.1) is 0 Å². The smallest absolute Gasteiger partial charge is 0.330 e. The first-order valence-corrected chi connectivity index (χ1v) is 14.9. The minimum Gasteiger partial charge on any atom is -0.494 e. The van der Waals surface area contributed by atoms with Gasteiger partial charge in [0.05, 0.1) is 38.3 Å². The van der Waals surface area contributed by atoms with E-state index in [0.717, 1.165) is 25.0 Å². The van der Waals surface area contributed by atoms with Gasteiger partial charge in [0, 0.05) is 12.2 Å². The normalized spacial score (nSPS) is 15.7. The van der Waals surface area contributed by atoms with Crippen LogP contribution in [0.2, 0.25) is 0 Å². The van der Waals surface area contributed by atoms with E-state index in [2.05, 4.69) is 13.2 Å². The molecular formula is C34H40O10. The fourth-order valence-electron chi connectivity index (χ4n) is 4.42. The maximum Gasteiger partial charge on any atom is 0.330 e. The van der Waals surface area contributed by atoms with Crippen LogP contribution in [0.4, 0.5) is 0 Å². The Labute approximate surface area is 257 Å². The second-order valence-electron chi connectivity index (χ2n) is 10.2. The van der Waals surface area contributed by atoms with Gasteiger partial charge in [-0.2, -0.15) is 0 Å². The first-order chi connectivity index (χ1) is 21.4. The Kier molecular flexibility index (Phi) is 14.5. The van der Waals surface area contributed by atoms with Crippen molar-refractivity contribution in [2.24, 2.45) is 11.8 Å². The van der Waals surface area contributed by atoms with E-state index in [1.54, 1.807) is 48.5 Å². The zero-order chi connectivity index (χ0) is 31.6. The van der Waals surface area contributed by atoms with E-state index in [1.807, 2.05) is 0 Å². The molecule has 1 aliphatic carbocycles. The minimum absolute atomic E-state index is 0.282. The van der Waals surface area contributed by atoms with E-state index >= 15 is 0 Å². The number of unbranched alkanes of at least 4 members (excludes halogenated alkanes) is 2. The third-order valence-electron chi connectivity index (χ3n) is 6.91. The lowest BCUT2D eigenvalue weighted by molar-refractivity contribution is -0.145. The van der Waals surface area contributed by atoms with Crippen LogP contribution < -0.4 is 18.9 Å². The van der Waals surface area contributed by atoms with Gasteiger partial charge in [-0.25, -0.2) is 9.59 Å². The molecule has 0 saturated heterocycles. The molecule has 0 N–H and O–H groups in total. The van der Waals surface area contributed by atoms with Crippen LogP contribution in [-0.2, 0) is 28.7 Å². The first-order valence-electron chi connectivity index (χ1n) is 14.9. The molecular weight excluding hydrogens is 568 g/mol. The van der Waals surface area contributed by atoms with Crippen molar-refractivity contribution in [3.8, 4) is 23.0 Å². The van der Waals surface area contributed by atoms with Gasteiger partial charge in [0.1, 0.15) is 23.0 Å². The van der Waals surface area contributed by atoms with Gasteiger partial charge in [0.15, 0.2) is 0 Å². The lowest BCUT2D eigenvalue weighted by atomic mass is 9.82. The van der Waals surface area contributed by atoms with Gasteiger partial charge >= 0.3 is 23.9 Å². The fraction of sp³-hybridized carbons (Fsp3) is 0.412. The average molecular weight is 609 g/mol. The molecule has 44 heavy (non-hydrogen) atoms. The molecule has 0 unspecified atom stereocenters. The highest BCUT2D eigenvalue weighted by atomic mass is 16.5. The summed E-state index contributed by atoms with van der Waals surface area (Å²) in [7, 11) is 0. The van der Waals surface area contributed by atoms with E-state index in [1.165, 1.54) is 0 Å². The quantitative estimate of drug-likeness (QED) is 0.0890. The van der Waals surface area contributed by atoms with Crippen LogP contribution in [0.25, 0.3) is 0 Å². The molecule has 0 heterocycles. The van der Waals surface area contributed by atoms with Crippen LogP contribution in [0, 0.1) is 11.8 Å². The van der Waals surface area contributed by atoms with Crippen molar-refractivity contribution in [1.29, 1.82) is 0 Å². The first kappa shape index (κ1) is 33.9. The monoisotopic (exact) mass is 608 g/mol.